The molecule has 0 aliphatic heterocycles. The highest BCUT2D eigenvalue weighted by atomic mass is 16.2. The molecule has 0 unspecified atom stereocenters. The van der Waals surface area contributed by atoms with Gasteiger partial charge in [-0.15, -0.1) is 0 Å². The Morgan fingerprint density at radius 1 is 1.13 bits per heavy atom. The Morgan fingerprint density at radius 3 is 2.74 bits per heavy atom. The van der Waals surface area contributed by atoms with E-state index in [1.807, 2.05) is 43.4 Å². The van der Waals surface area contributed by atoms with Crippen molar-refractivity contribution in [1.82, 2.24) is 19.9 Å². The maximum atomic E-state index is 12.4. The Morgan fingerprint density at radius 2 is 1.96 bits per heavy atom. The van der Waals surface area contributed by atoms with Gasteiger partial charge in [-0.3, -0.25) is 4.79 Å². The van der Waals surface area contributed by atoms with E-state index in [2.05, 4.69) is 21.9 Å². The Bertz CT molecular complexity index is 792. The number of hydrogen-bond acceptors (Lipinski definition) is 3. The minimum absolute atomic E-state index is 0.0589. The number of aromatic nitrogens is 3. The largest absolute Gasteiger partial charge is 0.340 e. The Balaban J connectivity index is 1.88. The quantitative estimate of drug-likeness (QED) is 0.784. The second kappa shape index (κ2) is 6.60. The fourth-order valence-corrected chi connectivity index (χ4v) is 2.45. The molecular formula is C18H20N4O. The van der Waals surface area contributed by atoms with Crippen LogP contribution in [0.4, 0.5) is 0 Å². The lowest BCUT2D eigenvalue weighted by Gasteiger charge is -2.16. The number of imidazole rings is 1. The molecule has 1 amide bonds. The van der Waals surface area contributed by atoms with Crippen molar-refractivity contribution < 1.29 is 4.79 Å². The molecule has 2 aromatic heterocycles. The van der Waals surface area contributed by atoms with Crippen molar-refractivity contribution in [3.8, 4) is 11.5 Å². The van der Waals surface area contributed by atoms with Crippen LogP contribution in [0.25, 0.3) is 22.6 Å². The second-order valence-corrected chi connectivity index (χ2v) is 5.59. The molecule has 0 fully saturated rings. The number of fused-ring (bicyclic) bond motifs is 1. The summed E-state index contributed by atoms with van der Waals surface area (Å²) in [6.07, 6.45) is 2.05. The molecule has 5 heteroatoms. The molecule has 2 heterocycles. The van der Waals surface area contributed by atoms with Gasteiger partial charge in [0.1, 0.15) is 11.4 Å². The highest BCUT2D eigenvalue weighted by molar-refractivity contribution is 5.92. The normalized spacial score (nSPS) is 10.9. The summed E-state index contributed by atoms with van der Waals surface area (Å²) in [4.78, 5) is 26.4. The summed E-state index contributed by atoms with van der Waals surface area (Å²) >= 11 is 0. The lowest BCUT2D eigenvalue weighted by Crippen LogP contribution is -2.28. The Labute approximate surface area is 135 Å². The van der Waals surface area contributed by atoms with Crippen LogP contribution >= 0.6 is 0 Å². The average Bonchev–Trinajstić information content (AvgIpc) is 3.03. The van der Waals surface area contributed by atoms with Crippen molar-refractivity contribution in [2.45, 2.75) is 19.8 Å². The third kappa shape index (κ3) is 3.23. The van der Waals surface area contributed by atoms with E-state index in [9.17, 15) is 4.79 Å². The third-order valence-corrected chi connectivity index (χ3v) is 3.79. The van der Waals surface area contributed by atoms with Gasteiger partial charge in [0.25, 0.3) is 5.91 Å². The van der Waals surface area contributed by atoms with Gasteiger partial charge in [-0.05, 0) is 30.7 Å². The molecule has 0 radical (unpaired) electrons. The Hall–Kier alpha value is -2.69. The van der Waals surface area contributed by atoms with Gasteiger partial charge in [-0.1, -0.05) is 31.5 Å². The van der Waals surface area contributed by atoms with Crippen LogP contribution in [-0.2, 0) is 0 Å². The summed E-state index contributed by atoms with van der Waals surface area (Å²) in [6, 6.07) is 13.3. The highest BCUT2D eigenvalue weighted by Gasteiger charge is 2.14. The summed E-state index contributed by atoms with van der Waals surface area (Å²) in [6.45, 7) is 2.85. The predicted molar refractivity (Wildman–Crippen MR) is 91.2 cm³/mol. The summed E-state index contributed by atoms with van der Waals surface area (Å²) in [5, 5.41) is 0. The van der Waals surface area contributed by atoms with Crippen LogP contribution in [-0.4, -0.2) is 39.4 Å². The molecule has 118 valence electrons. The molecule has 1 aromatic carbocycles. The van der Waals surface area contributed by atoms with Gasteiger partial charge in [0, 0.05) is 13.6 Å². The maximum absolute atomic E-state index is 12.4. The second-order valence-electron chi connectivity index (χ2n) is 5.59. The van der Waals surface area contributed by atoms with Gasteiger partial charge in [0.05, 0.1) is 11.0 Å². The molecule has 3 rings (SSSR count). The number of H-pyrrole nitrogens is 1. The predicted octanol–water partition coefficient (Wildman–Crippen LogP) is 3.50. The molecule has 1 N–H and O–H groups in total. The first kappa shape index (κ1) is 15.2. The number of pyridine rings is 1. The molecule has 0 atom stereocenters. The number of unbranched alkanes of at least 4 members (excludes halogenated alkanes) is 1. The van der Waals surface area contributed by atoms with Gasteiger partial charge in [-0.25, -0.2) is 9.97 Å². The standard InChI is InChI=1S/C18H20N4O/c1-3-4-12-22(2)18(23)16-11-7-10-15(19-16)17-20-13-8-5-6-9-14(13)21-17/h5-11H,3-4,12H2,1-2H3,(H,20,21). The molecule has 0 saturated carbocycles. The van der Waals surface area contributed by atoms with Gasteiger partial charge in [-0.2, -0.15) is 0 Å². The average molecular weight is 308 g/mol. The van der Waals surface area contributed by atoms with Crippen molar-refractivity contribution in [2.75, 3.05) is 13.6 Å². The van der Waals surface area contributed by atoms with Crippen LogP contribution in [0.15, 0.2) is 42.5 Å². The number of nitrogens with zero attached hydrogens (tertiary/aromatic N) is 3. The monoisotopic (exact) mass is 308 g/mol. The van der Waals surface area contributed by atoms with E-state index in [4.69, 9.17) is 0 Å². The lowest BCUT2D eigenvalue weighted by molar-refractivity contribution is 0.0787. The summed E-state index contributed by atoms with van der Waals surface area (Å²) in [5.74, 6) is 0.619. The first-order chi connectivity index (χ1) is 11.2. The molecule has 5 nitrogen and oxygen atoms in total. The molecule has 0 spiro atoms. The van der Waals surface area contributed by atoms with Crippen molar-refractivity contribution in [2.24, 2.45) is 0 Å². The maximum Gasteiger partial charge on any atom is 0.272 e. The lowest BCUT2D eigenvalue weighted by atomic mass is 10.2. The van der Waals surface area contributed by atoms with Crippen LogP contribution in [0, 0.1) is 0 Å². The van der Waals surface area contributed by atoms with E-state index in [1.165, 1.54) is 0 Å². The molecule has 0 aliphatic carbocycles. The van der Waals surface area contributed by atoms with E-state index in [0.29, 0.717) is 17.2 Å². The fourth-order valence-electron chi connectivity index (χ4n) is 2.45. The van der Waals surface area contributed by atoms with Crippen molar-refractivity contribution in [3.63, 3.8) is 0 Å². The van der Waals surface area contributed by atoms with Gasteiger partial charge >= 0.3 is 0 Å². The highest BCUT2D eigenvalue weighted by Crippen LogP contribution is 2.19. The van der Waals surface area contributed by atoms with E-state index >= 15 is 0 Å². The number of nitrogens with one attached hydrogen (secondary N) is 1. The smallest absolute Gasteiger partial charge is 0.272 e. The third-order valence-electron chi connectivity index (χ3n) is 3.79. The van der Waals surface area contributed by atoms with Gasteiger partial charge in [0.15, 0.2) is 5.82 Å². The van der Waals surface area contributed by atoms with Crippen LogP contribution in [0.3, 0.4) is 0 Å². The molecule has 3 aromatic rings. The zero-order valence-electron chi connectivity index (χ0n) is 13.4. The fraction of sp³-hybridized carbons (Fsp3) is 0.278. The molecule has 0 bridgehead atoms. The van der Waals surface area contributed by atoms with E-state index in [0.717, 1.165) is 30.4 Å². The molecule has 23 heavy (non-hydrogen) atoms. The number of benzene rings is 1. The number of rotatable bonds is 5. The first-order valence-electron chi connectivity index (χ1n) is 7.86. The Kier molecular flexibility index (Phi) is 4.37. The van der Waals surface area contributed by atoms with Gasteiger partial charge < -0.3 is 9.88 Å². The van der Waals surface area contributed by atoms with E-state index in [1.54, 1.807) is 11.0 Å². The minimum atomic E-state index is -0.0589. The van der Waals surface area contributed by atoms with Crippen LogP contribution in [0.1, 0.15) is 30.3 Å². The minimum Gasteiger partial charge on any atom is -0.340 e. The van der Waals surface area contributed by atoms with E-state index in [-0.39, 0.29) is 5.91 Å². The first-order valence-corrected chi connectivity index (χ1v) is 7.86. The molecule has 0 saturated heterocycles. The SMILES string of the molecule is CCCCN(C)C(=O)c1cccc(-c2nc3ccccc3[nH]2)n1. The summed E-state index contributed by atoms with van der Waals surface area (Å²) < 4.78 is 0. The van der Waals surface area contributed by atoms with Crippen LogP contribution in [0.2, 0.25) is 0 Å². The number of para-hydroxylation sites is 2. The van der Waals surface area contributed by atoms with Crippen molar-refractivity contribution in [1.29, 1.82) is 0 Å². The van der Waals surface area contributed by atoms with Crippen molar-refractivity contribution >= 4 is 16.9 Å². The topological polar surface area (TPSA) is 61.9 Å². The number of carbonyl (C=O) groups excluding carboxylic acids is 1. The molecule has 0 aliphatic rings. The zero-order chi connectivity index (χ0) is 16.2. The number of hydrogen-bond donors (Lipinski definition) is 1. The van der Waals surface area contributed by atoms with Crippen molar-refractivity contribution in [3.05, 3.63) is 48.2 Å². The zero-order valence-corrected chi connectivity index (χ0v) is 13.4. The summed E-state index contributed by atoms with van der Waals surface area (Å²) in [5.41, 5.74) is 2.97. The van der Waals surface area contributed by atoms with Gasteiger partial charge in [0.2, 0.25) is 0 Å². The number of carbonyl (C=O) groups is 1. The molecular weight excluding hydrogens is 288 g/mol. The van der Waals surface area contributed by atoms with E-state index < -0.39 is 0 Å². The summed E-state index contributed by atoms with van der Waals surface area (Å²) in [7, 11) is 1.81. The van der Waals surface area contributed by atoms with Crippen LogP contribution in [0.5, 0.6) is 0 Å². The van der Waals surface area contributed by atoms with Crippen LogP contribution < -0.4 is 0 Å². The number of amides is 1. The number of aromatic amines is 1.